The Kier molecular flexibility index (Phi) is 5.66. The Bertz CT molecular complexity index is 918. The molecule has 0 bridgehead atoms. The van der Waals surface area contributed by atoms with Crippen molar-refractivity contribution in [2.24, 2.45) is 5.92 Å². The molecule has 2 aromatic carbocycles. The molecule has 0 atom stereocenters. The highest BCUT2D eigenvalue weighted by molar-refractivity contribution is 5.96. The van der Waals surface area contributed by atoms with Gasteiger partial charge in [0, 0.05) is 18.5 Å². The molecule has 2 N–H and O–H groups in total. The van der Waals surface area contributed by atoms with E-state index >= 15 is 0 Å². The number of hydrogen-bond donors (Lipinski definition) is 2. The molecule has 6 nitrogen and oxygen atoms in total. The van der Waals surface area contributed by atoms with E-state index < -0.39 is 0 Å². The number of anilines is 1. The van der Waals surface area contributed by atoms with Gasteiger partial charge in [0.25, 0.3) is 5.91 Å². The van der Waals surface area contributed by atoms with Crippen LogP contribution in [0.2, 0.25) is 0 Å². The molecule has 3 rings (SSSR count). The van der Waals surface area contributed by atoms with Crippen molar-refractivity contribution in [3.63, 3.8) is 0 Å². The highest BCUT2D eigenvalue weighted by Crippen LogP contribution is 2.18. The number of para-hydroxylation sites is 1. The first-order valence-electron chi connectivity index (χ1n) is 8.83. The fourth-order valence-corrected chi connectivity index (χ4v) is 2.49. The second-order valence-electron chi connectivity index (χ2n) is 6.47. The fourth-order valence-electron chi connectivity index (χ4n) is 2.49. The number of nitrogens with one attached hydrogen (secondary N) is 2. The van der Waals surface area contributed by atoms with E-state index in [1.54, 1.807) is 10.7 Å². The van der Waals surface area contributed by atoms with Gasteiger partial charge in [0.05, 0.1) is 5.69 Å². The third-order valence-corrected chi connectivity index (χ3v) is 4.01. The molecule has 1 aromatic heterocycles. The number of nitrogens with zero attached hydrogens (tertiary/aromatic N) is 2. The highest BCUT2D eigenvalue weighted by atomic mass is 16.2. The van der Waals surface area contributed by atoms with Gasteiger partial charge < -0.3 is 10.6 Å². The maximum atomic E-state index is 12.5. The smallest absolute Gasteiger partial charge is 0.272 e. The summed E-state index contributed by atoms with van der Waals surface area (Å²) in [5.41, 5.74) is 2.01. The zero-order valence-electron chi connectivity index (χ0n) is 15.3. The van der Waals surface area contributed by atoms with Gasteiger partial charge in [-0.1, -0.05) is 62.4 Å². The first-order chi connectivity index (χ1) is 13.0. The van der Waals surface area contributed by atoms with Crippen LogP contribution in [0.15, 0.2) is 66.7 Å². The van der Waals surface area contributed by atoms with Gasteiger partial charge in [0.1, 0.15) is 5.82 Å². The average Bonchev–Trinajstić information content (AvgIpc) is 3.11. The molecule has 27 heavy (non-hydrogen) atoms. The normalized spacial score (nSPS) is 10.6. The van der Waals surface area contributed by atoms with E-state index in [9.17, 15) is 9.59 Å². The van der Waals surface area contributed by atoms with Crippen LogP contribution in [-0.4, -0.2) is 21.6 Å². The number of hydrogen-bond acceptors (Lipinski definition) is 3. The van der Waals surface area contributed by atoms with Crippen molar-refractivity contribution >= 4 is 17.6 Å². The highest BCUT2D eigenvalue weighted by Gasteiger charge is 2.18. The number of benzene rings is 2. The van der Waals surface area contributed by atoms with Crippen molar-refractivity contribution in [3.8, 4) is 5.69 Å². The van der Waals surface area contributed by atoms with Crippen LogP contribution in [0.4, 0.5) is 5.82 Å². The minimum Gasteiger partial charge on any atom is -0.347 e. The molecule has 0 aliphatic carbocycles. The molecule has 6 heteroatoms. The van der Waals surface area contributed by atoms with Gasteiger partial charge >= 0.3 is 0 Å². The summed E-state index contributed by atoms with van der Waals surface area (Å²) >= 11 is 0. The van der Waals surface area contributed by atoms with Crippen molar-refractivity contribution in [3.05, 3.63) is 78.0 Å². The fraction of sp³-hybridized carbons (Fsp3) is 0.190. The van der Waals surface area contributed by atoms with E-state index in [0.717, 1.165) is 11.3 Å². The summed E-state index contributed by atoms with van der Waals surface area (Å²) < 4.78 is 1.57. The van der Waals surface area contributed by atoms with Crippen molar-refractivity contribution in [1.82, 2.24) is 15.1 Å². The van der Waals surface area contributed by atoms with Gasteiger partial charge in [-0.25, -0.2) is 4.68 Å². The third kappa shape index (κ3) is 4.61. The molecular weight excluding hydrogens is 340 g/mol. The molecule has 0 aliphatic rings. The van der Waals surface area contributed by atoms with Gasteiger partial charge in [0.2, 0.25) is 5.91 Å². The quantitative estimate of drug-likeness (QED) is 0.706. The maximum absolute atomic E-state index is 12.5. The van der Waals surface area contributed by atoms with E-state index in [1.165, 1.54) is 0 Å². The Balaban J connectivity index is 1.84. The standard InChI is InChI=1S/C21H22N4O2/c1-15(2)20(26)23-19-13-18(24-25(19)17-11-7-4-8-12-17)21(27)22-14-16-9-5-3-6-10-16/h3-13,15H,14H2,1-2H3,(H,22,27)(H,23,26). The monoisotopic (exact) mass is 362 g/mol. The number of aromatic nitrogens is 2. The summed E-state index contributed by atoms with van der Waals surface area (Å²) in [5, 5.41) is 10.1. The van der Waals surface area contributed by atoms with Gasteiger partial charge in [-0.2, -0.15) is 5.10 Å². The van der Waals surface area contributed by atoms with Crippen LogP contribution < -0.4 is 10.6 Å². The van der Waals surface area contributed by atoms with Crippen LogP contribution in [-0.2, 0) is 11.3 Å². The predicted molar refractivity (Wildman–Crippen MR) is 105 cm³/mol. The van der Waals surface area contributed by atoms with E-state index in [4.69, 9.17) is 0 Å². The molecule has 1 heterocycles. The van der Waals surface area contributed by atoms with E-state index in [0.29, 0.717) is 12.4 Å². The number of amides is 2. The van der Waals surface area contributed by atoms with Crippen molar-refractivity contribution in [1.29, 1.82) is 0 Å². The topological polar surface area (TPSA) is 76.0 Å². The van der Waals surface area contributed by atoms with Gasteiger partial charge in [0.15, 0.2) is 5.69 Å². The van der Waals surface area contributed by atoms with Crippen molar-refractivity contribution in [2.75, 3.05) is 5.32 Å². The van der Waals surface area contributed by atoms with E-state index in [2.05, 4.69) is 15.7 Å². The molecule has 0 fully saturated rings. The number of rotatable bonds is 6. The lowest BCUT2D eigenvalue weighted by molar-refractivity contribution is -0.118. The average molecular weight is 362 g/mol. The SMILES string of the molecule is CC(C)C(=O)Nc1cc(C(=O)NCc2ccccc2)nn1-c1ccccc1. The zero-order valence-corrected chi connectivity index (χ0v) is 15.3. The molecule has 0 unspecified atom stereocenters. The van der Waals surface area contributed by atoms with E-state index in [-0.39, 0.29) is 23.4 Å². The van der Waals surface area contributed by atoms with Gasteiger partial charge in [-0.15, -0.1) is 0 Å². The lowest BCUT2D eigenvalue weighted by atomic mass is 10.2. The Labute approximate surface area is 158 Å². The maximum Gasteiger partial charge on any atom is 0.272 e. The summed E-state index contributed by atoms with van der Waals surface area (Å²) in [6.07, 6.45) is 0. The first-order valence-corrected chi connectivity index (χ1v) is 8.83. The summed E-state index contributed by atoms with van der Waals surface area (Å²) in [6.45, 7) is 4.03. The molecule has 2 amide bonds. The van der Waals surface area contributed by atoms with Gasteiger partial charge in [-0.05, 0) is 17.7 Å². The minimum absolute atomic E-state index is 0.136. The summed E-state index contributed by atoms with van der Waals surface area (Å²) in [7, 11) is 0. The summed E-state index contributed by atoms with van der Waals surface area (Å²) in [5.74, 6) is -0.152. The Morgan fingerprint density at radius 1 is 1.00 bits per heavy atom. The Morgan fingerprint density at radius 2 is 1.63 bits per heavy atom. The molecule has 3 aromatic rings. The molecular formula is C21H22N4O2. The minimum atomic E-state index is -0.298. The van der Waals surface area contributed by atoms with Crippen LogP contribution >= 0.6 is 0 Å². The molecule has 138 valence electrons. The molecule has 0 radical (unpaired) electrons. The largest absolute Gasteiger partial charge is 0.347 e. The first kappa shape index (κ1) is 18.4. The number of carbonyl (C=O) groups excluding carboxylic acids is 2. The van der Waals surface area contributed by atoms with Crippen LogP contribution in [0.5, 0.6) is 0 Å². The van der Waals surface area contributed by atoms with Crippen LogP contribution in [0, 0.1) is 5.92 Å². The van der Waals surface area contributed by atoms with Crippen LogP contribution in [0.1, 0.15) is 29.9 Å². The van der Waals surface area contributed by atoms with E-state index in [1.807, 2.05) is 74.5 Å². The lowest BCUT2D eigenvalue weighted by Crippen LogP contribution is -2.23. The summed E-state index contributed by atoms with van der Waals surface area (Å²) in [4.78, 5) is 24.7. The second-order valence-corrected chi connectivity index (χ2v) is 6.47. The number of carbonyl (C=O) groups is 2. The second kappa shape index (κ2) is 8.31. The predicted octanol–water partition coefficient (Wildman–Crippen LogP) is 3.40. The van der Waals surface area contributed by atoms with Gasteiger partial charge in [-0.3, -0.25) is 9.59 Å². The van der Waals surface area contributed by atoms with Crippen LogP contribution in [0.3, 0.4) is 0 Å². The molecule has 0 spiro atoms. The Hall–Kier alpha value is -3.41. The lowest BCUT2D eigenvalue weighted by Gasteiger charge is -2.10. The molecule has 0 aliphatic heterocycles. The van der Waals surface area contributed by atoms with Crippen molar-refractivity contribution in [2.45, 2.75) is 20.4 Å². The molecule has 0 saturated heterocycles. The van der Waals surface area contributed by atoms with Crippen molar-refractivity contribution < 1.29 is 9.59 Å². The molecule has 0 saturated carbocycles. The third-order valence-electron chi connectivity index (χ3n) is 4.01. The zero-order chi connectivity index (χ0) is 19.2. The van der Waals surface area contributed by atoms with Crippen LogP contribution in [0.25, 0.3) is 5.69 Å². The summed E-state index contributed by atoms with van der Waals surface area (Å²) in [6, 6.07) is 20.6. The Morgan fingerprint density at radius 3 is 2.26 bits per heavy atom.